The van der Waals surface area contributed by atoms with E-state index in [1.807, 2.05) is 41.5 Å². The highest BCUT2D eigenvalue weighted by molar-refractivity contribution is 7.09. The normalized spacial score (nSPS) is 24.2. The molecule has 2 aromatic rings. The Bertz CT molecular complexity index is 743. The molecule has 2 aliphatic heterocycles. The number of hydrogen-bond acceptors (Lipinski definition) is 5. The summed E-state index contributed by atoms with van der Waals surface area (Å²) in [6, 6.07) is 8.02. The maximum atomic E-state index is 12.8. The Morgan fingerprint density at radius 2 is 2.04 bits per heavy atom. The van der Waals surface area contributed by atoms with Crippen molar-refractivity contribution in [1.82, 2.24) is 14.8 Å². The minimum atomic E-state index is -0.245. The number of hydrogen-bond donors (Lipinski definition) is 1. The second kappa shape index (κ2) is 6.27. The van der Waals surface area contributed by atoms with Crippen molar-refractivity contribution in [3.63, 3.8) is 0 Å². The Hall–Kier alpha value is -1.76. The van der Waals surface area contributed by atoms with E-state index in [-0.39, 0.29) is 12.0 Å². The lowest BCUT2D eigenvalue weighted by atomic mass is 10.1. The topological polar surface area (TPSA) is 56.7 Å². The van der Waals surface area contributed by atoms with Gasteiger partial charge in [-0.25, -0.2) is 4.98 Å². The molecule has 2 saturated heterocycles. The summed E-state index contributed by atoms with van der Waals surface area (Å²) in [7, 11) is 0. The fourth-order valence-corrected chi connectivity index (χ4v) is 4.28. The van der Waals surface area contributed by atoms with Crippen molar-refractivity contribution in [1.29, 1.82) is 0 Å². The van der Waals surface area contributed by atoms with Gasteiger partial charge in [0.05, 0.1) is 16.8 Å². The molecule has 1 amide bonds. The Labute approximate surface area is 145 Å². The first kappa shape index (κ1) is 15.7. The van der Waals surface area contributed by atoms with Crippen LogP contribution in [-0.2, 0) is 0 Å². The van der Waals surface area contributed by atoms with E-state index >= 15 is 0 Å². The molecule has 0 unspecified atom stereocenters. The van der Waals surface area contributed by atoms with Crippen molar-refractivity contribution < 1.29 is 9.90 Å². The van der Waals surface area contributed by atoms with Crippen LogP contribution >= 0.6 is 11.3 Å². The highest BCUT2D eigenvalue weighted by atomic mass is 32.1. The third-order valence-corrected chi connectivity index (χ3v) is 5.70. The third-order valence-electron chi connectivity index (χ3n) is 4.93. The molecule has 2 aliphatic rings. The molecule has 0 aliphatic carbocycles. The average molecular weight is 343 g/mol. The molecule has 5 nitrogen and oxygen atoms in total. The second-order valence-corrected chi connectivity index (χ2v) is 7.68. The van der Waals surface area contributed by atoms with Gasteiger partial charge in [-0.05, 0) is 25.5 Å². The molecule has 1 N–H and O–H groups in total. The van der Waals surface area contributed by atoms with Gasteiger partial charge < -0.3 is 10.0 Å². The maximum absolute atomic E-state index is 12.8. The van der Waals surface area contributed by atoms with Gasteiger partial charge >= 0.3 is 0 Å². The standard InChI is InChI=1S/C18H21N3O2S/c1-12-19-17(11-24-12)13-2-4-14(5-3-13)18(23)21-7-6-20-10-16(22)8-15(20)9-21/h2-5,11,15-16,22H,6-10H2,1H3/t15-,16+/m0/s1. The lowest BCUT2D eigenvalue weighted by molar-refractivity contribution is 0.0569. The van der Waals surface area contributed by atoms with Crippen molar-refractivity contribution in [3.05, 3.63) is 40.2 Å². The molecule has 0 saturated carbocycles. The number of nitrogens with zero attached hydrogens (tertiary/aromatic N) is 3. The summed E-state index contributed by atoms with van der Waals surface area (Å²) in [6.07, 6.45) is 0.525. The van der Waals surface area contributed by atoms with Crippen molar-refractivity contribution in [2.75, 3.05) is 26.2 Å². The zero-order valence-electron chi connectivity index (χ0n) is 13.7. The monoisotopic (exact) mass is 343 g/mol. The number of carbonyl (C=O) groups excluding carboxylic acids is 1. The first-order valence-electron chi connectivity index (χ1n) is 8.34. The van der Waals surface area contributed by atoms with E-state index in [9.17, 15) is 9.90 Å². The zero-order valence-corrected chi connectivity index (χ0v) is 14.5. The Morgan fingerprint density at radius 3 is 2.75 bits per heavy atom. The van der Waals surface area contributed by atoms with Crippen molar-refractivity contribution >= 4 is 17.2 Å². The number of aromatic nitrogens is 1. The Kier molecular flexibility index (Phi) is 4.12. The summed E-state index contributed by atoms with van der Waals surface area (Å²) >= 11 is 1.63. The fourth-order valence-electron chi connectivity index (χ4n) is 3.66. The molecule has 1 aromatic heterocycles. The SMILES string of the molecule is Cc1nc(-c2ccc(C(=O)N3CCN4C[C@H](O)C[C@H]4C3)cc2)cs1. The highest BCUT2D eigenvalue weighted by Crippen LogP contribution is 2.25. The van der Waals surface area contributed by atoms with E-state index in [0.29, 0.717) is 12.6 Å². The summed E-state index contributed by atoms with van der Waals surface area (Å²) in [6.45, 7) is 5.03. The van der Waals surface area contributed by atoms with Gasteiger partial charge in [-0.1, -0.05) is 12.1 Å². The molecule has 2 fully saturated rings. The van der Waals surface area contributed by atoms with Crippen LogP contribution in [-0.4, -0.2) is 64.1 Å². The van der Waals surface area contributed by atoms with E-state index in [1.165, 1.54) is 0 Å². The minimum absolute atomic E-state index is 0.0806. The number of fused-ring (bicyclic) bond motifs is 1. The number of aliphatic hydroxyl groups is 1. The number of thiazole rings is 1. The molecule has 2 atom stereocenters. The minimum Gasteiger partial charge on any atom is -0.392 e. The van der Waals surface area contributed by atoms with Crippen LogP contribution in [0, 0.1) is 6.92 Å². The predicted molar refractivity (Wildman–Crippen MR) is 94.2 cm³/mol. The van der Waals surface area contributed by atoms with Gasteiger partial charge in [-0.15, -0.1) is 11.3 Å². The number of amides is 1. The molecule has 24 heavy (non-hydrogen) atoms. The molecule has 0 radical (unpaired) electrons. The third kappa shape index (κ3) is 2.97. The van der Waals surface area contributed by atoms with Crippen LogP contribution in [0.1, 0.15) is 21.8 Å². The van der Waals surface area contributed by atoms with Gasteiger partial charge in [-0.3, -0.25) is 9.69 Å². The lowest BCUT2D eigenvalue weighted by Crippen LogP contribution is -2.52. The first-order valence-corrected chi connectivity index (χ1v) is 9.22. The predicted octanol–water partition coefficient (Wildman–Crippen LogP) is 2.01. The summed E-state index contributed by atoms with van der Waals surface area (Å²) in [5, 5.41) is 12.9. The van der Waals surface area contributed by atoms with Crippen LogP contribution in [0.5, 0.6) is 0 Å². The van der Waals surface area contributed by atoms with Crippen LogP contribution in [0.3, 0.4) is 0 Å². The van der Waals surface area contributed by atoms with Crippen LogP contribution in [0.4, 0.5) is 0 Å². The molecular formula is C18H21N3O2S. The fraction of sp³-hybridized carbons (Fsp3) is 0.444. The molecule has 0 bridgehead atoms. The highest BCUT2D eigenvalue weighted by Gasteiger charge is 2.36. The number of carbonyl (C=O) groups is 1. The van der Waals surface area contributed by atoms with Gasteiger partial charge in [0.25, 0.3) is 5.91 Å². The van der Waals surface area contributed by atoms with Crippen LogP contribution in [0.15, 0.2) is 29.6 Å². The molecule has 0 spiro atoms. The largest absolute Gasteiger partial charge is 0.392 e. The molecule has 4 rings (SSSR count). The summed E-state index contributed by atoms with van der Waals surface area (Å²) in [5.41, 5.74) is 2.72. The second-order valence-electron chi connectivity index (χ2n) is 6.62. The van der Waals surface area contributed by atoms with Crippen molar-refractivity contribution in [3.8, 4) is 11.3 Å². The summed E-state index contributed by atoms with van der Waals surface area (Å²) in [5.74, 6) is 0.0806. The summed E-state index contributed by atoms with van der Waals surface area (Å²) < 4.78 is 0. The number of rotatable bonds is 2. The number of aliphatic hydroxyl groups excluding tert-OH is 1. The Morgan fingerprint density at radius 1 is 1.25 bits per heavy atom. The number of piperazine rings is 1. The molecule has 3 heterocycles. The molecule has 1 aromatic carbocycles. The van der Waals surface area contributed by atoms with Gasteiger partial charge in [0, 0.05) is 48.7 Å². The molecule has 6 heteroatoms. The van der Waals surface area contributed by atoms with Gasteiger partial charge in [-0.2, -0.15) is 0 Å². The maximum Gasteiger partial charge on any atom is 0.253 e. The Balaban J connectivity index is 1.46. The molecule has 126 valence electrons. The van der Waals surface area contributed by atoms with E-state index in [1.54, 1.807) is 11.3 Å². The van der Waals surface area contributed by atoms with E-state index in [2.05, 4.69) is 9.88 Å². The quantitative estimate of drug-likeness (QED) is 0.906. The van der Waals surface area contributed by atoms with E-state index < -0.39 is 0 Å². The van der Waals surface area contributed by atoms with Gasteiger partial charge in [0.1, 0.15) is 0 Å². The van der Waals surface area contributed by atoms with Crippen molar-refractivity contribution in [2.45, 2.75) is 25.5 Å². The van der Waals surface area contributed by atoms with E-state index in [0.717, 1.165) is 47.9 Å². The number of benzene rings is 1. The lowest BCUT2D eigenvalue weighted by Gasteiger charge is -2.37. The van der Waals surface area contributed by atoms with Crippen molar-refractivity contribution in [2.24, 2.45) is 0 Å². The molecular weight excluding hydrogens is 322 g/mol. The average Bonchev–Trinajstić information content (AvgIpc) is 3.18. The van der Waals surface area contributed by atoms with Crippen LogP contribution < -0.4 is 0 Å². The number of aryl methyl sites for hydroxylation is 1. The van der Waals surface area contributed by atoms with Crippen LogP contribution in [0.25, 0.3) is 11.3 Å². The summed E-state index contributed by atoms with van der Waals surface area (Å²) in [4.78, 5) is 21.4. The zero-order chi connectivity index (χ0) is 16.7. The van der Waals surface area contributed by atoms with Gasteiger partial charge in [0.2, 0.25) is 0 Å². The smallest absolute Gasteiger partial charge is 0.253 e. The van der Waals surface area contributed by atoms with Crippen LogP contribution in [0.2, 0.25) is 0 Å². The van der Waals surface area contributed by atoms with E-state index in [4.69, 9.17) is 0 Å². The first-order chi connectivity index (χ1) is 11.6. The van der Waals surface area contributed by atoms with Gasteiger partial charge in [0.15, 0.2) is 0 Å².